The summed E-state index contributed by atoms with van der Waals surface area (Å²) in [7, 11) is 0. The van der Waals surface area contributed by atoms with Crippen molar-refractivity contribution in [3.05, 3.63) is 35.4 Å². The normalized spacial score (nSPS) is 23.7. The van der Waals surface area contributed by atoms with Crippen molar-refractivity contribution in [3.8, 4) is 0 Å². The van der Waals surface area contributed by atoms with Crippen molar-refractivity contribution in [1.82, 2.24) is 4.90 Å². The Labute approximate surface area is 117 Å². The van der Waals surface area contributed by atoms with E-state index in [1.165, 1.54) is 11.1 Å². The average Bonchev–Trinajstić information content (AvgIpc) is 3.06. The second kappa shape index (κ2) is 4.31. The number of ether oxygens (including phenoxy) is 2. The lowest BCUT2D eigenvalue weighted by molar-refractivity contribution is -0.118. The van der Waals surface area contributed by atoms with E-state index in [2.05, 4.69) is 29.3 Å². The quantitative estimate of drug-likeness (QED) is 0.716. The van der Waals surface area contributed by atoms with Crippen LogP contribution in [-0.2, 0) is 26.5 Å². The number of hydrogen-bond acceptors (Lipinski definition) is 4. The largest absolute Gasteiger partial charge is 0.455 e. The minimum atomic E-state index is -0.192. The zero-order valence-electron chi connectivity index (χ0n) is 11.2. The van der Waals surface area contributed by atoms with Crippen molar-refractivity contribution in [3.63, 3.8) is 0 Å². The molecule has 1 amide bonds. The molecular weight excluding hydrogens is 256 g/mol. The topological polar surface area (TPSA) is 51.1 Å². The molecule has 0 bridgehead atoms. The van der Waals surface area contributed by atoms with Crippen molar-refractivity contribution < 1.29 is 14.3 Å². The summed E-state index contributed by atoms with van der Waals surface area (Å²) in [6.07, 6.45) is 1.81. The molecule has 0 radical (unpaired) electrons. The van der Waals surface area contributed by atoms with E-state index in [1.54, 1.807) is 0 Å². The number of likely N-dealkylation sites (tertiary alicyclic amines) is 1. The van der Waals surface area contributed by atoms with E-state index in [0.29, 0.717) is 12.6 Å². The number of benzene rings is 1. The van der Waals surface area contributed by atoms with Crippen LogP contribution in [0.5, 0.6) is 0 Å². The highest BCUT2D eigenvalue weighted by atomic mass is 16.5. The van der Waals surface area contributed by atoms with Crippen molar-refractivity contribution in [2.24, 2.45) is 4.99 Å². The van der Waals surface area contributed by atoms with Crippen molar-refractivity contribution >= 4 is 11.9 Å². The van der Waals surface area contributed by atoms with Crippen LogP contribution >= 0.6 is 0 Å². The molecule has 1 spiro atoms. The standard InChI is InChI=1S/C15H16N2O3/c18-13-10-19-14(16-13)17-7-5-15(6-8-17)12-4-2-1-3-11(12)9-20-15/h1-4H,5-10H2. The summed E-state index contributed by atoms with van der Waals surface area (Å²) in [6.45, 7) is 2.39. The highest BCUT2D eigenvalue weighted by Crippen LogP contribution is 2.44. The van der Waals surface area contributed by atoms with Gasteiger partial charge in [-0.15, -0.1) is 0 Å². The summed E-state index contributed by atoms with van der Waals surface area (Å²) in [6, 6.07) is 8.92. The second-order valence-corrected chi connectivity index (χ2v) is 5.50. The Morgan fingerprint density at radius 2 is 1.95 bits per heavy atom. The molecule has 1 aromatic carbocycles. The van der Waals surface area contributed by atoms with E-state index in [9.17, 15) is 4.79 Å². The first kappa shape index (κ1) is 11.9. The minimum absolute atomic E-state index is 0.0797. The predicted octanol–water partition coefficient (Wildman–Crippen LogP) is 1.42. The molecule has 4 rings (SSSR count). The SMILES string of the molecule is O=C1COC(N2CCC3(CC2)OCc2ccccc23)=N1. The maximum Gasteiger partial charge on any atom is 0.295 e. The Bertz CT molecular complexity index is 589. The fraction of sp³-hybridized carbons (Fsp3) is 0.467. The van der Waals surface area contributed by atoms with E-state index in [1.807, 2.05) is 4.90 Å². The highest BCUT2D eigenvalue weighted by molar-refractivity contribution is 5.96. The second-order valence-electron chi connectivity index (χ2n) is 5.50. The van der Waals surface area contributed by atoms with E-state index >= 15 is 0 Å². The Morgan fingerprint density at radius 3 is 2.70 bits per heavy atom. The van der Waals surface area contributed by atoms with E-state index in [4.69, 9.17) is 9.47 Å². The van der Waals surface area contributed by atoms with E-state index < -0.39 is 0 Å². The summed E-state index contributed by atoms with van der Waals surface area (Å²) in [4.78, 5) is 17.1. The average molecular weight is 272 g/mol. The fourth-order valence-electron chi connectivity index (χ4n) is 3.32. The monoisotopic (exact) mass is 272 g/mol. The first-order chi connectivity index (χ1) is 9.77. The van der Waals surface area contributed by atoms with Crippen molar-refractivity contribution in [1.29, 1.82) is 0 Å². The van der Waals surface area contributed by atoms with Crippen LogP contribution in [-0.4, -0.2) is 36.5 Å². The van der Waals surface area contributed by atoms with Crippen LogP contribution in [0.4, 0.5) is 0 Å². The number of piperidine rings is 1. The number of hydrogen-bond donors (Lipinski definition) is 0. The molecule has 1 aromatic rings. The Morgan fingerprint density at radius 1 is 1.15 bits per heavy atom. The minimum Gasteiger partial charge on any atom is -0.455 e. The molecule has 20 heavy (non-hydrogen) atoms. The van der Waals surface area contributed by atoms with Gasteiger partial charge in [-0.2, -0.15) is 4.99 Å². The Balaban J connectivity index is 1.53. The maximum atomic E-state index is 11.1. The van der Waals surface area contributed by atoms with Gasteiger partial charge in [0.1, 0.15) is 0 Å². The van der Waals surface area contributed by atoms with E-state index in [0.717, 1.165) is 25.9 Å². The molecular formula is C15H16N2O3. The molecule has 3 heterocycles. The lowest BCUT2D eigenvalue weighted by Crippen LogP contribution is -2.45. The molecule has 3 aliphatic heterocycles. The van der Waals surface area contributed by atoms with Crippen LogP contribution in [0, 0.1) is 0 Å². The molecule has 1 fully saturated rings. The molecule has 0 aromatic heterocycles. The van der Waals surface area contributed by atoms with Crippen molar-refractivity contribution in [2.75, 3.05) is 19.7 Å². The lowest BCUT2D eigenvalue weighted by atomic mass is 9.84. The van der Waals surface area contributed by atoms with Crippen LogP contribution in [0.2, 0.25) is 0 Å². The summed E-state index contributed by atoms with van der Waals surface area (Å²) in [5, 5.41) is 0. The van der Waals surface area contributed by atoms with Crippen LogP contribution < -0.4 is 0 Å². The molecule has 5 nitrogen and oxygen atoms in total. The molecule has 0 unspecified atom stereocenters. The first-order valence-electron chi connectivity index (χ1n) is 6.98. The Hall–Kier alpha value is -1.88. The third-order valence-corrected chi connectivity index (χ3v) is 4.40. The van der Waals surface area contributed by atoms with Gasteiger partial charge in [-0.1, -0.05) is 24.3 Å². The molecule has 3 aliphatic rings. The number of fused-ring (bicyclic) bond motifs is 2. The van der Waals surface area contributed by atoms with Gasteiger partial charge in [-0.3, -0.25) is 4.79 Å². The fourth-order valence-corrected chi connectivity index (χ4v) is 3.32. The number of nitrogens with zero attached hydrogens (tertiary/aromatic N) is 2. The molecule has 5 heteroatoms. The van der Waals surface area contributed by atoms with Crippen LogP contribution in [0.25, 0.3) is 0 Å². The zero-order chi connectivity index (χ0) is 13.6. The molecule has 0 atom stereocenters. The van der Waals surface area contributed by atoms with E-state index in [-0.39, 0.29) is 18.1 Å². The van der Waals surface area contributed by atoms with Crippen molar-refractivity contribution in [2.45, 2.75) is 25.0 Å². The molecule has 0 saturated carbocycles. The van der Waals surface area contributed by atoms with Gasteiger partial charge in [0.25, 0.3) is 11.9 Å². The van der Waals surface area contributed by atoms with Gasteiger partial charge < -0.3 is 14.4 Å². The zero-order valence-corrected chi connectivity index (χ0v) is 11.2. The smallest absolute Gasteiger partial charge is 0.295 e. The summed E-state index contributed by atoms with van der Waals surface area (Å²) in [5.74, 6) is -0.192. The Kier molecular flexibility index (Phi) is 2.57. The number of amidine groups is 1. The summed E-state index contributed by atoms with van der Waals surface area (Å²) in [5.41, 5.74) is 2.46. The number of aliphatic imine (C=N–C) groups is 1. The number of carbonyl (C=O) groups is 1. The van der Waals surface area contributed by atoms with Gasteiger partial charge in [0.2, 0.25) is 0 Å². The molecule has 104 valence electrons. The highest BCUT2D eigenvalue weighted by Gasteiger charge is 2.43. The number of rotatable bonds is 0. The predicted molar refractivity (Wildman–Crippen MR) is 72.1 cm³/mol. The number of amides is 1. The van der Waals surface area contributed by atoms with Gasteiger partial charge in [-0.25, -0.2) is 0 Å². The third-order valence-electron chi connectivity index (χ3n) is 4.40. The first-order valence-corrected chi connectivity index (χ1v) is 6.98. The number of carbonyl (C=O) groups excluding carboxylic acids is 1. The van der Waals surface area contributed by atoms with Crippen LogP contribution in [0.15, 0.2) is 29.3 Å². The van der Waals surface area contributed by atoms with Crippen LogP contribution in [0.1, 0.15) is 24.0 Å². The molecule has 0 N–H and O–H groups in total. The summed E-state index contributed by atoms with van der Waals surface area (Å²) >= 11 is 0. The molecule has 1 saturated heterocycles. The van der Waals surface area contributed by atoms with Gasteiger partial charge >= 0.3 is 0 Å². The van der Waals surface area contributed by atoms with Gasteiger partial charge in [0.05, 0.1) is 12.2 Å². The van der Waals surface area contributed by atoms with Gasteiger partial charge in [0, 0.05) is 13.1 Å². The summed E-state index contributed by atoms with van der Waals surface area (Å²) < 4.78 is 11.4. The van der Waals surface area contributed by atoms with Crippen LogP contribution in [0.3, 0.4) is 0 Å². The van der Waals surface area contributed by atoms with Gasteiger partial charge in [-0.05, 0) is 24.0 Å². The molecule has 0 aliphatic carbocycles. The third kappa shape index (κ3) is 1.73. The van der Waals surface area contributed by atoms with Gasteiger partial charge in [0.15, 0.2) is 6.61 Å². The lowest BCUT2D eigenvalue weighted by Gasteiger charge is -2.39. The maximum absolute atomic E-state index is 11.1.